The van der Waals surface area contributed by atoms with Crippen molar-refractivity contribution in [2.75, 3.05) is 13.4 Å². The maximum absolute atomic E-state index is 12.4. The average molecular weight is 428 g/mol. The van der Waals surface area contributed by atoms with Crippen LogP contribution in [0.4, 0.5) is 10.5 Å². The molecule has 162 valence electrons. The number of ether oxygens (including phenoxy) is 3. The number of carbonyl (C=O) groups excluding carboxylic acids is 2. The molecule has 2 amide bonds. The molecule has 0 bridgehead atoms. The van der Waals surface area contributed by atoms with Crippen molar-refractivity contribution >= 4 is 23.9 Å². The summed E-state index contributed by atoms with van der Waals surface area (Å²) in [6.45, 7) is 1.84. The van der Waals surface area contributed by atoms with Crippen LogP contribution in [-0.2, 0) is 9.53 Å². The number of hydrazone groups is 1. The summed E-state index contributed by atoms with van der Waals surface area (Å²) in [7, 11) is 0. The molecule has 2 aromatic carbocycles. The highest BCUT2D eigenvalue weighted by Crippen LogP contribution is 2.37. The predicted octanol–water partition coefficient (Wildman–Crippen LogP) is 2.65. The molecule has 3 rings (SSSR count). The lowest BCUT2D eigenvalue weighted by molar-refractivity contribution is -0.385. The van der Waals surface area contributed by atoms with Gasteiger partial charge in [0, 0.05) is 0 Å². The summed E-state index contributed by atoms with van der Waals surface area (Å²) in [5.74, 6) is 0.107. The zero-order valence-electron chi connectivity index (χ0n) is 16.6. The molecule has 1 atom stereocenters. The Balaban J connectivity index is 1.68. The van der Waals surface area contributed by atoms with Crippen molar-refractivity contribution in [2.24, 2.45) is 5.10 Å². The first kappa shape index (κ1) is 21.6. The van der Waals surface area contributed by atoms with Gasteiger partial charge in [-0.1, -0.05) is 30.3 Å². The van der Waals surface area contributed by atoms with Gasteiger partial charge < -0.3 is 19.5 Å². The lowest BCUT2D eigenvalue weighted by atomic mass is 10.0. The number of nitro groups is 1. The van der Waals surface area contributed by atoms with E-state index < -0.39 is 23.0 Å². The fourth-order valence-corrected chi connectivity index (χ4v) is 2.87. The van der Waals surface area contributed by atoms with Gasteiger partial charge in [0.05, 0.1) is 41.8 Å². The van der Waals surface area contributed by atoms with Crippen LogP contribution >= 0.6 is 0 Å². The molecule has 0 saturated heterocycles. The number of rotatable bonds is 8. The topological polar surface area (TPSA) is 141 Å². The second kappa shape index (κ2) is 10.1. The molecular formula is C20H20N4O7. The number of benzene rings is 2. The Morgan fingerprint density at radius 3 is 2.65 bits per heavy atom. The number of alkyl carbamates (subject to hydrolysis) is 1. The highest BCUT2D eigenvalue weighted by atomic mass is 16.7. The van der Waals surface area contributed by atoms with Crippen LogP contribution in [0.25, 0.3) is 0 Å². The van der Waals surface area contributed by atoms with Crippen molar-refractivity contribution < 1.29 is 28.7 Å². The first-order chi connectivity index (χ1) is 15.0. The zero-order chi connectivity index (χ0) is 22.2. The molecule has 11 nitrogen and oxygen atoms in total. The number of nitrogens with one attached hydrogen (secondary N) is 2. The third kappa shape index (κ3) is 5.69. The third-order valence-corrected chi connectivity index (χ3v) is 4.27. The lowest BCUT2D eigenvalue weighted by Gasteiger charge is -2.18. The van der Waals surface area contributed by atoms with Gasteiger partial charge >= 0.3 is 6.09 Å². The van der Waals surface area contributed by atoms with Gasteiger partial charge in [0.25, 0.3) is 5.69 Å². The number of hydrogen-bond donors (Lipinski definition) is 2. The summed E-state index contributed by atoms with van der Waals surface area (Å²) in [6.07, 6.45) is 0.376. The molecule has 2 aromatic rings. The number of nitrogens with zero attached hydrogens (tertiary/aromatic N) is 2. The van der Waals surface area contributed by atoms with E-state index in [1.807, 2.05) is 6.07 Å². The van der Waals surface area contributed by atoms with Crippen molar-refractivity contribution in [3.63, 3.8) is 0 Å². The van der Waals surface area contributed by atoms with Gasteiger partial charge in [-0.3, -0.25) is 14.9 Å². The molecule has 1 heterocycles. The second-order valence-corrected chi connectivity index (χ2v) is 6.35. The van der Waals surface area contributed by atoms with Crippen LogP contribution in [0.1, 0.15) is 30.5 Å². The highest BCUT2D eigenvalue weighted by Gasteiger charge is 2.23. The number of nitro benzene ring substituents is 1. The van der Waals surface area contributed by atoms with Crippen molar-refractivity contribution in [3.05, 3.63) is 63.7 Å². The SMILES string of the molecule is CCOC(=O)N[C@H](CC(=O)N/N=C\c1cc2c(cc1[N+](=O)[O-])OCO2)c1ccccc1. The van der Waals surface area contributed by atoms with Crippen LogP contribution in [0, 0.1) is 10.1 Å². The van der Waals surface area contributed by atoms with Gasteiger partial charge in [-0.05, 0) is 18.6 Å². The van der Waals surface area contributed by atoms with E-state index in [1.165, 1.54) is 12.1 Å². The van der Waals surface area contributed by atoms with Crippen LogP contribution < -0.4 is 20.2 Å². The molecule has 11 heteroatoms. The van der Waals surface area contributed by atoms with E-state index in [-0.39, 0.29) is 36.8 Å². The van der Waals surface area contributed by atoms with Crippen LogP contribution in [-0.4, -0.2) is 36.5 Å². The Morgan fingerprint density at radius 1 is 1.26 bits per heavy atom. The number of carbonyl (C=O) groups is 2. The van der Waals surface area contributed by atoms with E-state index in [2.05, 4.69) is 15.8 Å². The molecule has 1 aliphatic heterocycles. The molecular weight excluding hydrogens is 408 g/mol. The summed E-state index contributed by atoms with van der Waals surface area (Å²) < 4.78 is 15.2. The zero-order valence-corrected chi connectivity index (χ0v) is 16.6. The van der Waals surface area contributed by atoms with E-state index >= 15 is 0 Å². The van der Waals surface area contributed by atoms with E-state index in [9.17, 15) is 19.7 Å². The lowest BCUT2D eigenvalue weighted by Crippen LogP contribution is -2.33. The smallest absolute Gasteiger partial charge is 0.407 e. The molecule has 2 N–H and O–H groups in total. The summed E-state index contributed by atoms with van der Waals surface area (Å²) in [5, 5.41) is 17.7. The van der Waals surface area contributed by atoms with Crippen LogP contribution in [0.3, 0.4) is 0 Å². The van der Waals surface area contributed by atoms with E-state index in [0.717, 1.165) is 6.21 Å². The van der Waals surface area contributed by atoms with Crippen molar-refractivity contribution in [2.45, 2.75) is 19.4 Å². The van der Waals surface area contributed by atoms with Gasteiger partial charge in [-0.2, -0.15) is 5.10 Å². The number of fused-ring (bicyclic) bond motifs is 1. The Labute approximate surface area is 177 Å². The third-order valence-electron chi connectivity index (χ3n) is 4.27. The maximum atomic E-state index is 12.4. The quantitative estimate of drug-likeness (QED) is 0.374. The van der Waals surface area contributed by atoms with Crippen molar-refractivity contribution in [1.82, 2.24) is 10.7 Å². The summed E-state index contributed by atoms with van der Waals surface area (Å²) >= 11 is 0. The fraction of sp³-hybridized carbons (Fsp3) is 0.250. The highest BCUT2D eigenvalue weighted by molar-refractivity contribution is 5.88. The molecule has 0 spiro atoms. The van der Waals surface area contributed by atoms with Gasteiger partial charge in [0.2, 0.25) is 12.7 Å². The van der Waals surface area contributed by atoms with Crippen molar-refractivity contribution in [3.8, 4) is 11.5 Å². The average Bonchev–Trinajstić information content (AvgIpc) is 3.21. The molecule has 0 fully saturated rings. The first-order valence-electron chi connectivity index (χ1n) is 9.36. The van der Waals surface area contributed by atoms with Crippen LogP contribution in [0.2, 0.25) is 0 Å². The minimum atomic E-state index is -0.649. The van der Waals surface area contributed by atoms with E-state index in [1.54, 1.807) is 31.2 Å². The Morgan fingerprint density at radius 2 is 1.97 bits per heavy atom. The monoisotopic (exact) mass is 428 g/mol. The first-order valence-corrected chi connectivity index (χ1v) is 9.36. The Hall–Kier alpha value is -4.15. The van der Waals surface area contributed by atoms with Crippen molar-refractivity contribution in [1.29, 1.82) is 0 Å². The van der Waals surface area contributed by atoms with Gasteiger partial charge in [0.15, 0.2) is 11.5 Å². The molecule has 31 heavy (non-hydrogen) atoms. The Kier molecular flexibility index (Phi) is 6.99. The molecule has 0 aromatic heterocycles. The molecule has 0 unspecified atom stereocenters. The molecule has 0 saturated carbocycles. The second-order valence-electron chi connectivity index (χ2n) is 6.35. The summed E-state index contributed by atoms with van der Waals surface area (Å²) in [5.41, 5.74) is 2.92. The largest absolute Gasteiger partial charge is 0.454 e. The molecule has 0 aliphatic carbocycles. The van der Waals surface area contributed by atoms with Crippen LogP contribution in [0.5, 0.6) is 11.5 Å². The normalized spacial score (nSPS) is 12.9. The predicted molar refractivity (Wildman–Crippen MR) is 109 cm³/mol. The van der Waals surface area contributed by atoms with E-state index in [0.29, 0.717) is 11.3 Å². The summed E-state index contributed by atoms with van der Waals surface area (Å²) in [6, 6.07) is 10.9. The van der Waals surface area contributed by atoms with Gasteiger partial charge in [0.1, 0.15) is 0 Å². The standard InChI is InChI=1S/C20H20N4O7/c1-2-29-20(26)22-15(13-6-4-3-5-7-13)9-19(25)23-21-11-14-8-17-18(31-12-30-17)10-16(14)24(27)28/h3-8,10-11,15H,2,9,12H2,1H3,(H,22,26)(H,23,25)/b21-11-/t15-/m1/s1. The number of amides is 2. The fourth-order valence-electron chi connectivity index (χ4n) is 2.87. The minimum absolute atomic E-state index is 0.0296. The van der Waals surface area contributed by atoms with Crippen LogP contribution in [0.15, 0.2) is 47.6 Å². The summed E-state index contributed by atoms with van der Waals surface area (Å²) in [4.78, 5) is 34.9. The minimum Gasteiger partial charge on any atom is -0.454 e. The van der Waals surface area contributed by atoms with Gasteiger partial charge in [-0.25, -0.2) is 10.2 Å². The van der Waals surface area contributed by atoms with E-state index in [4.69, 9.17) is 14.2 Å². The number of hydrogen-bond acceptors (Lipinski definition) is 8. The molecule has 0 radical (unpaired) electrons. The van der Waals surface area contributed by atoms with Gasteiger partial charge in [-0.15, -0.1) is 0 Å². The Bertz CT molecular complexity index is 995. The molecule has 1 aliphatic rings. The maximum Gasteiger partial charge on any atom is 0.407 e.